The van der Waals surface area contributed by atoms with Crippen molar-refractivity contribution in [1.29, 1.82) is 0 Å². The summed E-state index contributed by atoms with van der Waals surface area (Å²) in [4.78, 5) is 2.47. The molecule has 0 unspecified atom stereocenters. The van der Waals surface area contributed by atoms with E-state index in [0.717, 1.165) is 0 Å². The Morgan fingerprint density at radius 1 is 1.31 bits per heavy atom. The molecule has 1 rings (SSSR count). The van der Waals surface area contributed by atoms with Gasteiger partial charge in [-0.05, 0) is 6.07 Å². The van der Waals surface area contributed by atoms with Gasteiger partial charge in [0.1, 0.15) is 5.69 Å². The number of aromatic nitrogens is 1. The van der Waals surface area contributed by atoms with E-state index < -0.39 is 42.0 Å². The predicted molar refractivity (Wildman–Crippen MR) is 40.1 cm³/mol. The molecule has 1 N–H and O–H groups in total. The molecule has 0 atom stereocenters. The summed E-state index contributed by atoms with van der Waals surface area (Å²) in [6.45, 7) is -1.14. The van der Waals surface area contributed by atoms with Gasteiger partial charge < -0.3 is 5.11 Å². The zero-order valence-corrected chi connectivity index (χ0v) is 7.52. The first-order valence-electron chi connectivity index (χ1n) is 3.93. The summed E-state index contributed by atoms with van der Waals surface area (Å²) in [6, 6.07) is 0.0271. The lowest BCUT2D eigenvalue weighted by atomic mass is 10.1. The first-order valence-corrected chi connectivity index (χ1v) is 3.93. The Bertz CT molecular complexity index is 389. The van der Waals surface area contributed by atoms with Crippen LogP contribution in [0.25, 0.3) is 0 Å². The van der Waals surface area contributed by atoms with E-state index in [2.05, 4.69) is 4.98 Å². The van der Waals surface area contributed by atoms with Gasteiger partial charge in [-0.1, -0.05) is 0 Å². The molecule has 0 spiro atoms. The number of pyridine rings is 1. The Hall–Kier alpha value is -1.31. The minimum absolute atomic E-state index is 0.0271. The van der Waals surface area contributed by atoms with Gasteiger partial charge in [0.2, 0.25) is 5.95 Å². The van der Waals surface area contributed by atoms with Crippen molar-refractivity contribution >= 4 is 0 Å². The second-order valence-electron chi connectivity index (χ2n) is 2.82. The largest absolute Gasteiger partial charge is 0.433 e. The third-order valence-electron chi connectivity index (χ3n) is 1.79. The van der Waals surface area contributed by atoms with Crippen LogP contribution in [-0.4, -0.2) is 10.1 Å². The van der Waals surface area contributed by atoms with E-state index in [1.165, 1.54) is 0 Å². The fraction of sp³-hybridized carbons (Fsp3) is 0.375. The highest BCUT2D eigenvalue weighted by Crippen LogP contribution is 2.32. The minimum atomic E-state index is -5.02. The van der Waals surface area contributed by atoms with Crippen molar-refractivity contribution in [1.82, 2.24) is 4.98 Å². The van der Waals surface area contributed by atoms with Crippen molar-refractivity contribution in [2.45, 2.75) is 19.2 Å². The van der Waals surface area contributed by atoms with Gasteiger partial charge in [-0.15, -0.1) is 0 Å². The molecule has 0 radical (unpaired) electrons. The summed E-state index contributed by atoms with van der Waals surface area (Å²) in [7, 11) is 0. The van der Waals surface area contributed by atoms with Gasteiger partial charge in [0.15, 0.2) is 0 Å². The second-order valence-corrected chi connectivity index (χ2v) is 2.82. The van der Waals surface area contributed by atoms with Crippen LogP contribution >= 0.6 is 0 Å². The van der Waals surface area contributed by atoms with Crippen molar-refractivity contribution in [3.63, 3.8) is 0 Å². The number of hydrogen-bond acceptors (Lipinski definition) is 2. The number of nitrogens with zero attached hydrogens (tertiary/aromatic N) is 1. The molecule has 1 aromatic rings. The zero-order valence-electron chi connectivity index (χ0n) is 7.52. The van der Waals surface area contributed by atoms with Crippen molar-refractivity contribution in [2.24, 2.45) is 0 Å². The number of aliphatic hydroxyl groups is 1. The van der Waals surface area contributed by atoms with Crippen molar-refractivity contribution < 1.29 is 31.4 Å². The maximum Gasteiger partial charge on any atom is 0.433 e. The monoisotopic (exact) mass is 245 g/mol. The molecule has 0 aliphatic heterocycles. The molecular weight excluding hydrogens is 240 g/mol. The Balaban J connectivity index is 3.40. The van der Waals surface area contributed by atoms with E-state index in [-0.39, 0.29) is 6.07 Å². The van der Waals surface area contributed by atoms with Crippen LogP contribution < -0.4 is 0 Å². The third kappa shape index (κ3) is 2.43. The van der Waals surface area contributed by atoms with Crippen molar-refractivity contribution in [2.75, 3.05) is 0 Å². The molecule has 0 aliphatic rings. The molecule has 0 saturated carbocycles. The summed E-state index contributed by atoms with van der Waals surface area (Å²) in [6.07, 6.45) is -8.33. The topological polar surface area (TPSA) is 33.1 Å². The highest BCUT2D eigenvalue weighted by atomic mass is 19.4. The Morgan fingerprint density at radius 3 is 2.25 bits per heavy atom. The molecule has 2 nitrogen and oxygen atoms in total. The van der Waals surface area contributed by atoms with Crippen LogP contribution in [0.3, 0.4) is 0 Å². The van der Waals surface area contributed by atoms with E-state index in [4.69, 9.17) is 5.11 Å². The average Bonchev–Trinajstić information content (AvgIpc) is 2.14. The van der Waals surface area contributed by atoms with Crippen LogP contribution in [-0.2, 0) is 12.8 Å². The molecule has 0 aromatic carbocycles. The standard InChI is InChI=1S/C8H5F6NO/c9-6(10)3-1-5(8(12,13)14)15-7(11)4(3)2-16/h1,6,16H,2H2. The van der Waals surface area contributed by atoms with Crippen LogP contribution in [0.15, 0.2) is 6.07 Å². The average molecular weight is 245 g/mol. The smallest absolute Gasteiger partial charge is 0.391 e. The van der Waals surface area contributed by atoms with Gasteiger partial charge in [0.05, 0.1) is 6.61 Å². The molecule has 0 amide bonds. The summed E-state index contributed by atoms with van der Waals surface area (Å²) in [5.41, 5.74) is -3.89. The van der Waals surface area contributed by atoms with Gasteiger partial charge in [-0.25, -0.2) is 13.8 Å². The van der Waals surface area contributed by atoms with Crippen LogP contribution in [0.4, 0.5) is 26.3 Å². The van der Waals surface area contributed by atoms with Crippen LogP contribution in [0.2, 0.25) is 0 Å². The van der Waals surface area contributed by atoms with Crippen molar-refractivity contribution in [3.8, 4) is 0 Å². The van der Waals surface area contributed by atoms with Gasteiger partial charge in [0, 0.05) is 11.1 Å². The van der Waals surface area contributed by atoms with Gasteiger partial charge >= 0.3 is 6.18 Å². The maximum atomic E-state index is 12.9. The predicted octanol–water partition coefficient (Wildman–Crippen LogP) is 2.67. The molecule has 0 fully saturated rings. The van der Waals surface area contributed by atoms with E-state index in [1.807, 2.05) is 0 Å². The number of alkyl halides is 5. The van der Waals surface area contributed by atoms with Gasteiger partial charge in [0.25, 0.3) is 6.43 Å². The molecule has 0 bridgehead atoms. The van der Waals surface area contributed by atoms with E-state index in [0.29, 0.717) is 0 Å². The number of hydrogen-bond donors (Lipinski definition) is 1. The van der Waals surface area contributed by atoms with E-state index >= 15 is 0 Å². The van der Waals surface area contributed by atoms with Crippen LogP contribution in [0.1, 0.15) is 23.2 Å². The van der Waals surface area contributed by atoms with Crippen molar-refractivity contribution in [3.05, 3.63) is 28.8 Å². The molecular formula is C8H5F6NO. The summed E-state index contributed by atoms with van der Waals surface area (Å²) in [5, 5.41) is 8.55. The van der Waals surface area contributed by atoms with Gasteiger partial charge in [-0.3, -0.25) is 0 Å². The molecule has 0 saturated heterocycles. The molecule has 1 heterocycles. The van der Waals surface area contributed by atoms with Crippen LogP contribution in [0.5, 0.6) is 0 Å². The first kappa shape index (κ1) is 12.8. The van der Waals surface area contributed by atoms with E-state index in [1.54, 1.807) is 0 Å². The Kier molecular flexibility index (Phi) is 3.41. The fourth-order valence-corrected chi connectivity index (χ4v) is 1.06. The van der Waals surface area contributed by atoms with Gasteiger partial charge in [-0.2, -0.15) is 17.6 Å². The zero-order chi connectivity index (χ0) is 12.5. The minimum Gasteiger partial charge on any atom is -0.391 e. The fourth-order valence-electron chi connectivity index (χ4n) is 1.06. The third-order valence-corrected chi connectivity index (χ3v) is 1.79. The summed E-state index contributed by atoms with van der Waals surface area (Å²) < 4.78 is 73.8. The highest BCUT2D eigenvalue weighted by molar-refractivity contribution is 5.29. The molecule has 90 valence electrons. The molecule has 1 aromatic heterocycles. The lowest BCUT2D eigenvalue weighted by Gasteiger charge is -2.11. The molecule has 8 heteroatoms. The molecule has 0 aliphatic carbocycles. The van der Waals surface area contributed by atoms with E-state index in [9.17, 15) is 26.3 Å². The number of aliphatic hydroxyl groups excluding tert-OH is 1. The highest BCUT2D eigenvalue weighted by Gasteiger charge is 2.35. The van der Waals surface area contributed by atoms with Crippen LogP contribution in [0, 0.1) is 5.95 Å². The number of rotatable bonds is 2. The quantitative estimate of drug-likeness (QED) is 0.641. The Morgan fingerprint density at radius 2 is 1.88 bits per heavy atom. The Labute approximate surface area is 85.5 Å². The summed E-state index contributed by atoms with van der Waals surface area (Å²) in [5.74, 6) is -1.74. The lowest BCUT2D eigenvalue weighted by Crippen LogP contribution is -2.13. The second kappa shape index (κ2) is 4.28. The first-order chi connectivity index (χ1) is 7.27. The molecule has 16 heavy (non-hydrogen) atoms. The summed E-state index contributed by atoms with van der Waals surface area (Å²) >= 11 is 0. The maximum absolute atomic E-state index is 12.9. The SMILES string of the molecule is OCc1c(C(F)F)cc(C(F)(F)F)nc1F. The number of halogens is 6. The lowest BCUT2D eigenvalue weighted by molar-refractivity contribution is -0.141. The normalized spacial score (nSPS) is 12.2.